The molecule has 0 aliphatic heterocycles. The topological polar surface area (TPSA) is 12.0 Å². The van der Waals surface area contributed by atoms with Crippen LogP contribution in [0.3, 0.4) is 0 Å². The van der Waals surface area contributed by atoms with Crippen molar-refractivity contribution in [2.45, 2.75) is 40.0 Å². The highest BCUT2D eigenvalue weighted by Gasteiger charge is 2.40. The first-order chi connectivity index (χ1) is 5.83. The van der Waals surface area contributed by atoms with Gasteiger partial charge in [-0.1, -0.05) is 33.6 Å². The van der Waals surface area contributed by atoms with Gasteiger partial charge in [-0.2, -0.15) is 0 Å². The van der Waals surface area contributed by atoms with Crippen LogP contribution >= 0.6 is 0 Å². The quantitative estimate of drug-likeness (QED) is 0.644. The van der Waals surface area contributed by atoms with E-state index < -0.39 is 0 Å². The van der Waals surface area contributed by atoms with Crippen molar-refractivity contribution in [2.24, 2.45) is 17.8 Å². The standard InChI is InChI=1S/C11H23N/c1-4-9(5-2)11-7-10(11)8-12-6-3/h9-12H,4-8H2,1-3H3. The fraction of sp³-hybridized carbons (Fsp3) is 1.00. The lowest BCUT2D eigenvalue weighted by Crippen LogP contribution is -2.17. The molecule has 2 unspecified atom stereocenters. The third kappa shape index (κ3) is 2.48. The summed E-state index contributed by atoms with van der Waals surface area (Å²) in [6.07, 6.45) is 4.24. The van der Waals surface area contributed by atoms with Crippen molar-refractivity contribution in [2.75, 3.05) is 13.1 Å². The van der Waals surface area contributed by atoms with Crippen molar-refractivity contribution in [3.8, 4) is 0 Å². The van der Waals surface area contributed by atoms with Gasteiger partial charge in [-0.25, -0.2) is 0 Å². The summed E-state index contributed by atoms with van der Waals surface area (Å²) < 4.78 is 0. The first kappa shape index (κ1) is 10.0. The highest BCUT2D eigenvalue weighted by atomic mass is 14.9. The Hall–Kier alpha value is -0.0400. The highest BCUT2D eigenvalue weighted by molar-refractivity contribution is 4.91. The molecule has 0 aromatic rings. The molecule has 0 bridgehead atoms. The minimum Gasteiger partial charge on any atom is -0.317 e. The van der Waals surface area contributed by atoms with Crippen LogP contribution in [0.5, 0.6) is 0 Å². The molecule has 0 aromatic heterocycles. The second kappa shape index (κ2) is 4.86. The number of nitrogens with one attached hydrogen (secondary N) is 1. The molecule has 0 heterocycles. The van der Waals surface area contributed by atoms with Crippen molar-refractivity contribution in [1.29, 1.82) is 0 Å². The summed E-state index contributed by atoms with van der Waals surface area (Å²) in [5.41, 5.74) is 0. The van der Waals surface area contributed by atoms with E-state index in [1.165, 1.54) is 25.8 Å². The second-order valence-corrected chi connectivity index (χ2v) is 4.04. The molecule has 72 valence electrons. The Morgan fingerprint density at radius 3 is 2.42 bits per heavy atom. The molecule has 0 spiro atoms. The fourth-order valence-corrected chi connectivity index (χ4v) is 2.31. The van der Waals surface area contributed by atoms with Crippen molar-refractivity contribution in [1.82, 2.24) is 5.32 Å². The summed E-state index contributed by atoms with van der Waals surface area (Å²) in [5, 5.41) is 3.44. The molecule has 1 fully saturated rings. The van der Waals surface area contributed by atoms with E-state index in [2.05, 4.69) is 26.1 Å². The van der Waals surface area contributed by atoms with Gasteiger partial charge in [0.1, 0.15) is 0 Å². The molecule has 0 amide bonds. The van der Waals surface area contributed by atoms with E-state index in [4.69, 9.17) is 0 Å². The summed E-state index contributed by atoms with van der Waals surface area (Å²) in [4.78, 5) is 0. The lowest BCUT2D eigenvalue weighted by molar-refractivity contribution is 0.404. The van der Waals surface area contributed by atoms with Crippen LogP contribution < -0.4 is 5.32 Å². The molecular formula is C11H23N. The van der Waals surface area contributed by atoms with Crippen LogP contribution in [0.4, 0.5) is 0 Å². The second-order valence-electron chi connectivity index (χ2n) is 4.04. The van der Waals surface area contributed by atoms with Gasteiger partial charge in [-0.15, -0.1) is 0 Å². The first-order valence-electron chi connectivity index (χ1n) is 5.54. The average molecular weight is 169 g/mol. The van der Waals surface area contributed by atoms with E-state index >= 15 is 0 Å². The molecule has 1 nitrogen and oxygen atoms in total. The highest BCUT2D eigenvalue weighted by Crippen LogP contribution is 2.46. The van der Waals surface area contributed by atoms with E-state index in [-0.39, 0.29) is 0 Å². The van der Waals surface area contributed by atoms with Gasteiger partial charge in [0, 0.05) is 0 Å². The molecule has 1 saturated carbocycles. The van der Waals surface area contributed by atoms with Gasteiger partial charge >= 0.3 is 0 Å². The Balaban J connectivity index is 2.13. The van der Waals surface area contributed by atoms with Gasteiger partial charge < -0.3 is 5.32 Å². The van der Waals surface area contributed by atoms with Gasteiger partial charge in [0.15, 0.2) is 0 Å². The van der Waals surface area contributed by atoms with Crippen LogP contribution in [0.15, 0.2) is 0 Å². The van der Waals surface area contributed by atoms with Crippen LogP contribution in [0.1, 0.15) is 40.0 Å². The van der Waals surface area contributed by atoms with Crippen molar-refractivity contribution in [3.05, 3.63) is 0 Å². The SMILES string of the molecule is CCNCC1CC1C(CC)CC. The fourth-order valence-electron chi connectivity index (χ4n) is 2.31. The minimum atomic E-state index is 1.01. The molecule has 1 N–H and O–H groups in total. The zero-order valence-corrected chi connectivity index (χ0v) is 8.77. The van der Waals surface area contributed by atoms with Gasteiger partial charge in [-0.05, 0) is 37.3 Å². The molecule has 12 heavy (non-hydrogen) atoms. The Morgan fingerprint density at radius 1 is 1.25 bits per heavy atom. The van der Waals surface area contributed by atoms with Crippen LogP contribution in [-0.4, -0.2) is 13.1 Å². The van der Waals surface area contributed by atoms with E-state index in [0.717, 1.165) is 24.3 Å². The Labute approximate surface area is 76.9 Å². The van der Waals surface area contributed by atoms with Crippen LogP contribution in [0.25, 0.3) is 0 Å². The lowest BCUT2D eigenvalue weighted by atomic mass is 9.96. The molecule has 1 heteroatoms. The van der Waals surface area contributed by atoms with Crippen molar-refractivity contribution < 1.29 is 0 Å². The summed E-state index contributed by atoms with van der Waals surface area (Å²) in [6, 6.07) is 0. The summed E-state index contributed by atoms with van der Waals surface area (Å²) in [5.74, 6) is 3.07. The smallest absolute Gasteiger partial charge is 0.00178 e. The van der Waals surface area contributed by atoms with Crippen molar-refractivity contribution >= 4 is 0 Å². The molecule has 1 rings (SSSR count). The van der Waals surface area contributed by atoms with Gasteiger partial charge in [-0.3, -0.25) is 0 Å². The minimum absolute atomic E-state index is 1.01. The molecule has 1 aliphatic carbocycles. The predicted octanol–water partition coefficient (Wildman–Crippen LogP) is 2.67. The molecule has 0 saturated heterocycles. The zero-order chi connectivity index (χ0) is 8.97. The maximum absolute atomic E-state index is 3.44. The lowest BCUT2D eigenvalue weighted by Gasteiger charge is -2.11. The summed E-state index contributed by atoms with van der Waals surface area (Å²) in [7, 11) is 0. The van der Waals surface area contributed by atoms with E-state index in [9.17, 15) is 0 Å². The van der Waals surface area contributed by atoms with Crippen LogP contribution in [0.2, 0.25) is 0 Å². The predicted molar refractivity (Wildman–Crippen MR) is 54.2 cm³/mol. The molecule has 0 aromatic carbocycles. The maximum Gasteiger partial charge on any atom is -0.00178 e. The molecular weight excluding hydrogens is 146 g/mol. The molecule has 2 atom stereocenters. The van der Waals surface area contributed by atoms with Gasteiger partial charge in [0.2, 0.25) is 0 Å². The Morgan fingerprint density at radius 2 is 1.92 bits per heavy atom. The van der Waals surface area contributed by atoms with E-state index in [0.29, 0.717) is 0 Å². The number of rotatable bonds is 6. The normalized spacial score (nSPS) is 28.0. The van der Waals surface area contributed by atoms with Crippen LogP contribution in [0, 0.1) is 17.8 Å². The van der Waals surface area contributed by atoms with Crippen LogP contribution in [-0.2, 0) is 0 Å². The van der Waals surface area contributed by atoms with E-state index in [1.54, 1.807) is 0 Å². The van der Waals surface area contributed by atoms with E-state index in [1.807, 2.05) is 0 Å². The Bertz CT molecular complexity index is 118. The van der Waals surface area contributed by atoms with Gasteiger partial charge in [0.25, 0.3) is 0 Å². The third-order valence-corrected chi connectivity index (χ3v) is 3.29. The third-order valence-electron chi connectivity index (χ3n) is 3.29. The maximum atomic E-state index is 3.44. The van der Waals surface area contributed by atoms with Gasteiger partial charge in [0.05, 0.1) is 0 Å². The number of hydrogen-bond donors (Lipinski definition) is 1. The molecule has 1 aliphatic rings. The molecule has 0 radical (unpaired) electrons. The number of hydrogen-bond acceptors (Lipinski definition) is 1. The summed E-state index contributed by atoms with van der Waals surface area (Å²) in [6.45, 7) is 9.24. The first-order valence-corrected chi connectivity index (χ1v) is 5.54. The van der Waals surface area contributed by atoms with Crippen molar-refractivity contribution in [3.63, 3.8) is 0 Å². The monoisotopic (exact) mass is 169 g/mol. The Kier molecular flexibility index (Phi) is 4.07. The largest absolute Gasteiger partial charge is 0.317 e. The summed E-state index contributed by atoms with van der Waals surface area (Å²) >= 11 is 0. The average Bonchev–Trinajstić information content (AvgIpc) is 2.83. The zero-order valence-electron chi connectivity index (χ0n) is 8.77.